The average Bonchev–Trinajstić information content (AvgIpc) is 2.47. The Morgan fingerprint density at radius 1 is 1.10 bits per heavy atom. The van der Waals surface area contributed by atoms with Gasteiger partial charge in [0, 0.05) is 11.1 Å². The molecule has 1 atom stereocenters. The second kappa shape index (κ2) is 7.93. The van der Waals surface area contributed by atoms with Crippen molar-refractivity contribution in [1.29, 1.82) is 0 Å². The number of likely N-dealkylation sites (N-methyl/N-ethyl adjacent to an activating group) is 1. The maximum atomic E-state index is 6.01. The van der Waals surface area contributed by atoms with Crippen molar-refractivity contribution in [2.24, 2.45) is 0 Å². The van der Waals surface area contributed by atoms with E-state index in [-0.39, 0.29) is 0 Å². The number of ether oxygens (including phenoxy) is 1. The summed E-state index contributed by atoms with van der Waals surface area (Å²) in [4.78, 5) is 0. The zero-order chi connectivity index (χ0) is 14.2. The zero-order valence-electron chi connectivity index (χ0n) is 11.7. The van der Waals surface area contributed by atoms with Gasteiger partial charge in [0.15, 0.2) is 0 Å². The molecule has 2 aromatic rings. The molecule has 0 spiro atoms. The minimum Gasteiger partial charge on any atom is -0.494 e. The van der Waals surface area contributed by atoms with Gasteiger partial charge in [0.25, 0.3) is 0 Å². The van der Waals surface area contributed by atoms with Gasteiger partial charge in [-0.3, -0.25) is 0 Å². The minimum absolute atomic E-state index is 0.386. The highest BCUT2D eigenvalue weighted by Crippen LogP contribution is 2.14. The van der Waals surface area contributed by atoms with Gasteiger partial charge in [0.05, 0.1) is 6.61 Å². The molecule has 0 saturated carbocycles. The van der Waals surface area contributed by atoms with Crippen LogP contribution in [0.4, 0.5) is 0 Å². The first-order valence-electron chi connectivity index (χ1n) is 6.87. The lowest BCUT2D eigenvalue weighted by Crippen LogP contribution is -2.29. The van der Waals surface area contributed by atoms with Crippen LogP contribution in [0, 0.1) is 0 Å². The Morgan fingerprint density at radius 2 is 1.90 bits per heavy atom. The van der Waals surface area contributed by atoms with Crippen LogP contribution in [0.3, 0.4) is 0 Å². The van der Waals surface area contributed by atoms with Crippen molar-refractivity contribution in [3.63, 3.8) is 0 Å². The fraction of sp³-hybridized carbons (Fsp3) is 0.294. The fourth-order valence-electron chi connectivity index (χ4n) is 2.13. The van der Waals surface area contributed by atoms with Crippen molar-refractivity contribution < 1.29 is 4.74 Å². The number of rotatable bonds is 7. The number of hydrogen-bond donors (Lipinski definition) is 1. The van der Waals surface area contributed by atoms with Crippen molar-refractivity contribution in [2.45, 2.75) is 18.9 Å². The molecule has 0 bridgehead atoms. The normalized spacial score (nSPS) is 12.1. The molecule has 1 N–H and O–H groups in total. The van der Waals surface area contributed by atoms with Crippen molar-refractivity contribution in [3.05, 3.63) is 65.2 Å². The second-order valence-corrected chi connectivity index (χ2v) is 5.21. The molecular formula is C17H20ClNO. The number of nitrogens with one attached hydrogen (secondary N) is 1. The number of hydrogen-bond acceptors (Lipinski definition) is 2. The molecule has 0 fully saturated rings. The van der Waals surface area contributed by atoms with E-state index in [9.17, 15) is 0 Å². The van der Waals surface area contributed by atoms with E-state index in [2.05, 4.69) is 11.4 Å². The van der Waals surface area contributed by atoms with Gasteiger partial charge >= 0.3 is 0 Å². The van der Waals surface area contributed by atoms with Gasteiger partial charge < -0.3 is 10.1 Å². The lowest BCUT2D eigenvalue weighted by Gasteiger charge is -2.16. The summed E-state index contributed by atoms with van der Waals surface area (Å²) in [6, 6.07) is 18.3. The third kappa shape index (κ3) is 4.87. The number of para-hydroxylation sites is 1. The highest BCUT2D eigenvalue weighted by molar-refractivity contribution is 6.30. The van der Waals surface area contributed by atoms with Crippen LogP contribution < -0.4 is 10.1 Å². The van der Waals surface area contributed by atoms with E-state index in [4.69, 9.17) is 16.3 Å². The molecule has 2 aromatic carbocycles. The summed E-state index contributed by atoms with van der Waals surface area (Å²) in [5.41, 5.74) is 1.25. The first kappa shape index (κ1) is 14.9. The van der Waals surface area contributed by atoms with Crippen LogP contribution in [0.2, 0.25) is 5.02 Å². The van der Waals surface area contributed by atoms with Crippen molar-refractivity contribution in [1.82, 2.24) is 5.32 Å². The Hall–Kier alpha value is -1.51. The predicted octanol–water partition coefficient (Wildman–Crippen LogP) is 3.94. The van der Waals surface area contributed by atoms with Crippen LogP contribution in [-0.4, -0.2) is 19.7 Å². The smallest absolute Gasteiger partial charge is 0.119 e. The highest BCUT2D eigenvalue weighted by atomic mass is 35.5. The summed E-state index contributed by atoms with van der Waals surface area (Å²) in [7, 11) is 1.98. The van der Waals surface area contributed by atoms with E-state index >= 15 is 0 Å². The summed E-state index contributed by atoms with van der Waals surface area (Å²) in [6.45, 7) is 0.704. The van der Waals surface area contributed by atoms with Gasteiger partial charge in [-0.2, -0.15) is 0 Å². The van der Waals surface area contributed by atoms with Gasteiger partial charge in [-0.15, -0.1) is 0 Å². The van der Waals surface area contributed by atoms with Crippen LogP contribution >= 0.6 is 11.6 Å². The molecule has 0 heterocycles. The van der Waals surface area contributed by atoms with Crippen LogP contribution in [0.25, 0.3) is 0 Å². The predicted molar refractivity (Wildman–Crippen MR) is 84.6 cm³/mol. The standard InChI is InChI=1S/C17H20ClNO/c1-19-16(13-14-6-5-7-15(18)12-14)10-11-20-17-8-3-2-4-9-17/h2-9,12,16,19H,10-11,13H2,1H3. The Bertz CT molecular complexity index is 515. The molecule has 20 heavy (non-hydrogen) atoms. The molecule has 1 unspecified atom stereocenters. The SMILES string of the molecule is CNC(CCOc1ccccc1)Cc1cccc(Cl)c1. The van der Waals surface area contributed by atoms with E-state index in [1.54, 1.807) is 0 Å². The molecule has 0 aliphatic heterocycles. The summed E-state index contributed by atoms with van der Waals surface area (Å²) < 4.78 is 5.73. The first-order valence-corrected chi connectivity index (χ1v) is 7.25. The van der Waals surface area contributed by atoms with Gasteiger partial charge in [-0.05, 0) is 49.7 Å². The Morgan fingerprint density at radius 3 is 2.60 bits per heavy atom. The lowest BCUT2D eigenvalue weighted by molar-refractivity contribution is 0.288. The van der Waals surface area contributed by atoms with Gasteiger partial charge in [-0.25, -0.2) is 0 Å². The third-order valence-corrected chi connectivity index (χ3v) is 3.49. The van der Waals surface area contributed by atoms with Gasteiger partial charge in [-0.1, -0.05) is 41.9 Å². The van der Waals surface area contributed by atoms with Crippen LogP contribution in [0.5, 0.6) is 5.75 Å². The molecule has 0 aliphatic rings. The van der Waals surface area contributed by atoms with E-state index in [1.165, 1.54) is 5.56 Å². The molecule has 0 amide bonds. The largest absolute Gasteiger partial charge is 0.494 e. The molecule has 3 heteroatoms. The van der Waals surface area contributed by atoms with Crippen LogP contribution in [0.15, 0.2) is 54.6 Å². The second-order valence-electron chi connectivity index (χ2n) is 4.77. The van der Waals surface area contributed by atoms with E-state index in [0.717, 1.165) is 23.6 Å². The Labute approximate surface area is 125 Å². The lowest BCUT2D eigenvalue weighted by atomic mass is 10.0. The van der Waals surface area contributed by atoms with Crippen molar-refractivity contribution in [3.8, 4) is 5.75 Å². The first-order chi connectivity index (χ1) is 9.78. The van der Waals surface area contributed by atoms with Crippen molar-refractivity contribution >= 4 is 11.6 Å². The Balaban J connectivity index is 1.80. The topological polar surface area (TPSA) is 21.3 Å². The van der Waals surface area contributed by atoms with E-state index < -0.39 is 0 Å². The molecule has 106 valence electrons. The summed E-state index contributed by atoms with van der Waals surface area (Å²) in [5.74, 6) is 0.921. The fourth-order valence-corrected chi connectivity index (χ4v) is 2.35. The quantitative estimate of drug-likeness (QED) is 0.833. The average molecular weight is 290 g/mol. The van der Waals surface area contributed by atoms with Gasteiger partial charge in [0.1, 0.15) is 5.75 Å². The van der Waals surface area contributed by atoms with E-state index in [1.807, 2.05) is 55.6 Å². The number of benzene rings is 2. The van der Waals surface area contributed by atoms with E-state index in [0.29, 0.717) is 12.6 Å². The Kier molecular flexibility index (Phi) is 5.90. The summed E-state index contributed by atoms with van der Waals surface area (Å²) in [5, 5.41) is 4.12. The molecule has 0 aliphatic carbocycles. The van der Waals surface area contributed by atoms with Crippen LogP contribution in [-0.2, 0) is 6.42 Å². The molecule has 0 radical (unpaired) electrons. The summed E-state index contributed by atoms with van der Waals surface area (Å²) in [6.07, 6.45) is 1.91. The van der Waals surface area contributed by atoms with Crippen molar-refractivity contribution in [2.75, 3.05) is 13.7 Å². The van der Waals surface area contributed by atoms with Crippen LogP contribution in [0.1, 0.15) is 12.0 Å². The molecule has 2 rings (SSSR count). The zero-order valence-corrected chi connectivity index (χ0v) is 12.4. The van der Waals surface area contributed by atoms with Gasteiger partial charge in [0.2, 0.25) is 0 Å². The molecule has 0 saturated heterocycles. The molecule has 2 nitrogen and oxygen atoms in total. The third-order valence-electron chi connectivity index (χ3n) is 3.26. The molecular weight excluding hydrogens is 270 g/mol. The number of halogens is 1. The highest BCUT2D eigenvalue weighted by Gasteiger charge is 2.08. The minimum atomic E-state index is 0.386. The maximum Gasteiger partial charge on any atom is 0.119 e. The maximum absolute atomic E-state index is 6.01. The monoisotopic (exact) mass is 289 g/mol. The summed E-state index contributed by atoms with van der Waals surface area (Å²) >= 11 is 6.01. The molecule has 0 aromatic heterocycles.